The minimum absolute atomic E-state index is 0.145. The summed E-state index contributed by atoms with van der Waals surface area (Å²) in [5, 5.41) is 14.6. The molecule has 0 radical (unpaired) electrons. The van der Waals surface area contributed by atoms with Crippen LogP contribution < -0.4 is 5.32 Å². The lowest BCUT2D eigenvalue weighted by Crippen LogP contribution is -2.24. The first kappa shape index (κ1) is 18.8. The zero-order valence-electron chi connectivity index (χ0n) is 15.2. The Morgan fingerprint density at radius 3 is 2.70 bits per heavy atom. The number of hydrogen-bond acceptors (Lipinski definition) is 4. The number of nitrogens with one attached hydrogen (secondary N) is 1. The number of benzene rings is 2. The summed E-state index contributed by atoms with van der Waals surface area (Å²) in [5.74, 6) is -1.13. The summed E-state index contributed by atoms with van der Waals surface area (Å²) >= 11 is 1.53. The topological polar surface area (TPSA) is 79.3 Å². The number of carbonyl (C=O) groups excluding carboxylic acids is 1. The Morgan fingerprint density at radius 2 is 1.96 bits per heavy atom. The van der Waals surface area contributed by atoms with Gasteiger partial charge in [-0.05, 0) is 37.1 Å². The van der Waals surface area contributed by atoms with Crippen LogP contribution in [-0.2, 0) is 17.8 Å². The van der Waals surface area contributed by atoms with Crippen LogP contribution in [0.4, 0.5) is 0 Å². The van der Waals surface area contributed by atoms with Gasteiger partial charge in [-0.2, -0.15) is 0 Å². The highest BCUT2D eigenvalue weighted by Gasteiger charge is 2.11. The second-order valence-corrected chi connectivity index (χ2v) is 7.28. The molecule has 1 amide bonds. The molecule has 6 heteroatoms. The number of carboxylic acid groups (broad SMARTS) is 1. The van der Waals surface area contributed by atoms with Crippen molar-refractivity contribution in [1.82, 2.24) is 10.3 Å². The standard InChI is InChI=1S/C21H20N2O3S/c1-13-6-7-18(14(2)8-13)20-23-17(12-27-20)10-19(24)22-11-15-4-3-5-16(9-15)21(25)26/h3-9,12H,10-11H2,1-2H3,(H,22,24)(H,25,26). The van der Waals surface area contributed by atoms with E-state index in [1.54, 1.807) is 18.2 Å². The van der Waals surface area contributed by atoms with E-state index in [1.807, 2.05) is 5.38 Å². The monoisotopic (exact) mass is 380 g/mol. The third kappa shape index (κ3) is 4.80. The Balaban J connectivity index is 1.61. The van der Waals surface area contributed by atoms with Crippen LogP contribution in [0.3, 0.4) is 0 Å². The number of amides is 1. The number of carbonyl (C=O) groups is 2. The number of thiazole rings is 1. The number of carboxylic acids is 1. The fourth-order valence-corrected chi connectivity index (χ4v) is 3.72. The zero-order valence-corrected chi connectivity index (χ0v) is 16.0. The van der Waals surface area contributed by atoms with Gasteiger partial charge in [0.05, 0.1) is 17.7 Å². The molecule has 2 aromatic carbocycles. The van der Waals surface area contributed by atoms with Crippen LogP contribution in [0.5, 0.6) is 0 Å². The molecule has 0 aliphatic heterocycles. The molecule has 0 aliphatic rings. The van der Waals surface area contributed by atoms with Crippen molar-refractivity contribution in [3.05, 3.63) is 75.8 Å². The first-order valence-corrected chi connectivity index (χ1v) is 9.41. The van der Waals surface area contributed by atoms with Gasteiger partial charge in [-0.1, -0.05) is 35.9 Å². The quantitative estimate of drug-likeness (QED) is 0.678. The molecule has 0 unspecified atom stereocenters. The van der Waals surface area contributed by atoms with E-state index in [0.717, 1.165) is 21.8 Å². The van der Waals surface area contributed by atoms with Crippen LogP contribution in [0, 0.1) is 13.8 Å². The van der Waals surface area contributed by atoms with Crippen molar-refractivity contribution >= 4 is 23.2 Å². The predicted molar refractivity (Wildman–Crippen MR) is 106 cm³/mol. The van der Waals surface area contributed by atoms with Crippen LogP contribution in [0.25, 0.3) is 10.6 Å². The highest BCUT2D eigenvalue weighted by molar-refractivity contribution is 7.13. The second-order valence-electron chi connectivity index (χ2n) is 6.42. The van der Waals surface area contributed by atoms with Crippen molar-refractivity contribution in [2.24, 2.45) is 0 Å². The van der Waals surface area contributed by atoms with Gasteiger partial charge in [0.15, 0.2) is 0 Å². The minimum atomic E-state index is -0.982. The van der Waals surface area contributed by atoms with E-state index in [0.29, 0.717) is 0 Å². The van der Waals surface area contributed by atoms with Gasteiger partial charge in [0.1, 0.15) is 5.01 Å². The third-order valence-corrected chi connectivity index (χ3v) is 5.09. The average Bonchev–Trinajstić information content (AvgIpc) is 3.08. The van der Waals surface area contributed by atoms with Crippen molar-refractivity contribution in [2.75, 3.05) is 0 Å². The van der Waals surface area contributed by atoms with Gasteiger partial charge < -0.3 is 10.4 Å². The summed E-state index contributed by atoms with van der Waals surface area (Å²) < 4.78 is 0. The molecule has 0 saturated heterocycles. The molecule has 5 nitrogen and oxygen atoms in total. The van der Waals surface area contributed by atoms with Crippen molar-refractivity contribution in [1.29, 1.82) is 0 Å². The Hall–Kier alpha value is -2.99. The Bertz CT molecular complexity index is 995. The van der Waals surface area contributed by atoms with Crippen LogP contribution in [-0.4, -0.2) is 22.0 Å². The largest absolute Gasteiger partial charge is 0.478 e. The van der Waals surface area contributed by atoms with Crippen LogP contribution >= 0.6 is 11.3 Å². The summed E-state index contributed by atoms with van der Waals surface area (Å²) in [6.07, 6.45) is 0.194. The molecule has 0 aliphatic carbocycles. The predicted octanol–water partition coefficient (Wildman–Crippen LogP) is 3.98. The molecule has 0 fully saturated rings. The van der Waals surface area contributed by atoms with Crippen molar-refractivity contribution in [3.63, 3.8) is 0 Å². The maximum absolute atomic E-state index is 12.2. The summed E-state index contributed by atoms with van der Waals surface area (Å²) in [6.45, 7) is 4.40. The Morgan fingerprint density at radius 1 is 1.15 bits per heavy atom. The van der Waals surface area contributed by atoms with Crippen molar-refractivity contribution < 1.29 is 14.7 Å². The van der Waals surface area contributed by atoms with Crippen molar-refractivity contribution in [2.45, 2.75) is 26.8 Å². The fraction of sp³-hybridized carbons (Fsp3) is 0.190. The summed E-state index contributed by atoms with van der Waals surface area (Å²) in [5.41, 5.74) is 5.14. The minimum Gasteiger partial charge on any atom is -0.478 e. The van der Waals surface area contributed by atoms with Gasteiger partial charge >= 0.3 is 5.97 Å². The first-order valence-electron chi connectivity index (χ1n) is 8.53. The number of hydrogen-bond donors (Lipinski definition) is 2. The van der Waals surface area contributed by atoms with Gasteiger partial charge in [0, 0.05) is 17.5 Å². The van der Waals surface area contributed by atoms with E-state index in [1.165, 1.54) is 28.5 Å². The van der Waals surface area contributed by atoms with Gasteiger partial charge in [0.25, 0.3) is 0 Å². The number of aromatic carboxylic acids is 1. The summed E-state index contributed by atoms with van der Waals surface area (Å²) in [7, 11) is 0. The third-order valence-electron chi connectivity index (χ3n) is 4.17. The van der Waals surface area contributed by atoms with Crippen LogP contribution in [0.15, 0.2) is 47.8 Å². The number of rotatable bonds is 6. The maximum Gasteiger partial charge on any atom is 0.335 e. The molecule has 0 atom stereocenters. The van der Waals surface area contributed by atoms with E-state index >= 15 is 0 Å². The lowest BCUT2D eigenvalue weighted by atomic mass is 10.1. The smallest absolute Gasteiger partial charge is 0.335 e. The molecule has 2 N–H and O–H groups in total. The second kappa shape index (κ2) is 8.14. The van der Waals surface area contributed by atoms with Gasteiger partial charge in [0.2, 0.25) is 5.91 Å². The molecule has 3 aromatic rings. The van der Waals surface area contributed by atoms with E-state index in [-0.39, 0.29) is 24.4 Å². The first-order chi connectivity index (χ1) is 12.9. The van der Waals surface area contributed by atoms with E-state index in [2.05, 4.69) is 42.3 Å². The fourth-order valence-electron chi connectivity index (χ4n) is 2.81. The molecule has 0 spiro atoms. The zero-order chi connectivity index (χ0) is 19.4. The van der Waals surface area contributed by atoms with E-state index in [9.17, 15) is 9.59 Å². The molecule has 0 bridgehead atoms. The number of aryl methyl sites for hydroxylation is 2. The molecule has 0 saturated carbocycles. The van der Waals surface area contributed by atoms with Gasteiger partial charge in [-0.25, -0.2) is 9.78 Å². The van der Waals surface area contributed by atoms with Gasteiger partial charge in [-0.15, -0.1) is 11.3 Å². The molecule has 27 heavy (non-hydrogen) atoms. The highest BCUT2D eigenvalue weighted by Crippen LogP contribution is 2.27. The lowest BCUT2D eigenvalue weighted by Gasteiger charge is -2.05. The normalized spacial score (nSPS) is 10.6. The molecule has 1 heterocycles. The summed E-state index contributed by atoms with van der Waals surface area (Å²) in [6, 6.07) is 12.8. The van der Waals surface area contributed by atoms with Crippen LogP contribution in [0.1, 0.15) is 32.7 Å². The number of aromatic nitrogens is 1. The number of nitrogens with zero attached hydrogens (tertiary/aromatic N) is 1. The molecule has 138 valence electrons. The van der Waals surface area contributed by atoms with Gasteiger partial charge in [-0.3, -0.25) is 4.79 Å². The van der Waals surface area contributed by atoms with Crippen molar-refractivity contribution in [3.8, 4) is 10.6 Å². The Labute approximate surface area is 161 Å². The maximum atomic E-state index is 12.2. The highest BCUT2D eigenvalue weighted by atomic mass is 32.1. The summed E-state index contributed by atoms with van der Waals surface area (Å²) in [4.78, 5) is 27.8. The van der Waals surface area contributed by atoms with E-state index in [4.69, 9.17) is 5.11 Å². The van der Waals surface area contributed by atoms with Crippen LogP contribution in [0.2, 0.25) is 0 Å². The molecule has 1 aromatic heterocycles. The SMILES string of the molecule is Cc1ccc(-c2nc(CC(=O)NCc3cccc(C(=O)O)c3)cs2)c(C)c1. The average molecular weight is 380 g/mol. The lowest BCUT2D eigenvalue weighted by molar-refractivity contribution is -0.120. The molecular formula is C21H20N2O3S. The molecular weight excluding hydrogens is 360 g/mol. The van der Waals surface area contributed by atoms with E-state index < -0.39 is 5.97 Å². The Kier molecular flexibility index (Phi) is 5.66. The molecule has 3 rings (SSSR count).